The first-order chi connectivity index (χ1) is 12.3. The van der Waals surface area contributed by atoms with Crippen molar-refractivity contribution in [3.63, 3.8) is 0 Å². The Labute approximate surface area is 157 Å². The molecule has 10 heteroatoms. The molecule has 0 unspecified atom stereocenters. The quantitative estimate of drug-likeness (QED) is 0.562. The van der Waals surface area contributed by atoms with Crippen molar-refractivity contribution in [2.75, 3.05) is 6.61 Å². The molecule has 3 heterocycles. The predicted molar refractivity (Wildman–Crippen MR) is 97.8 cm³/mol. The second kappa shape index (κ2) is 6.40. The number of carbonyl (C=O) groups is 1. The number of aromatic amines is 1. The molecule has 2 N–H and O–H groups in total. The van der Waals surface area contributed by atoms with Crippen molar-refractivity contribution in [3.05, 3.63) is 33.1 Å². The fraction of sp³-hybridized carbons (Fsp3) is 0.706. The molecule has 4 atom stereocenters. The number of hydrogen-bond donors (Lipinski definition) is 2. The number of H-pyrrole nitrogens is 1. The zero-order valence-electron chi connectivity index (χ0n) is 16.1. The van der Waals surface area contributed by atoms with Gasteiger partial charge in [-0.05, 0) is 18.1 Å². The highest BCUT2D eigenvalue weighted by Gasteiger charge is 2.62. The van der Waals surface area contributed by atoms with Gasteiger partial charge in [-0.2, -0.15) is 0 Å². The van der Waals surface area contributed by atoms with Crippen molar-refractivity contribution in [2.24, 2.45) is 0 Å². The minimum absolute atomic E-state index is 0.124. The van der Waals surface area contributed by atoms with Gasteiger partial charge in [-0.3, -0.25) is 19.1 Å². The zero-order chi connectivity index (χ0) is 20.2. The molecule has 27 heavy (non-hydrogen) atoms. The highest BCUT2D eigenvalue weighted by Crippen LogP contribution is 2.47. The molecule has 0 saturated carbocycles. The second-order valence-corrected chi connectivity index (χ2v) is 13.4. The standard InChI is InChI=1S/C17H26N2O7Si/c1-16(2,3)27(4,5)26-13-14(19-7-6-11(20)18-15(19)22)25-10-9-24-12(21)8-17(10,13)23/h6-7,10,13-14,23H,8-9H2,1-5H3,(H,18,20,22)/t10-,13+,14-,17-/m1/s1. The van der Waals surface area contributed by atoms with Crippen LogP contribution in [0.1, 0.15) is 33.4 Å². The van der Waals surface area contributed by atoms with E-state index in [2.05, 4.69) is 4.98 Å². The molecule has 0 bridgehead atoms. The maximum absolute atomic E-state index is 12.3. The lowest BCUT2D eigenvalue weighted by atomic mass is 9.87. The summed E-state index contributed by atoms with van der Waals surface area (Å²) in [7, 11) is -2.40. The van der Waals surface area contributed by atoms with E-state index in [9.17, 15) is 19.5 Å². The molecule has 2 saturated heterocycles. The summed E-state index contributed by atoms with van der Waals surface area (Å²) in [5.74, 6) is -0.546. The van der Waals surface area contributed by atoms with Gasteiger partial charge in [-0.1, -0.05) is 20.8 Å². The lowest BCUT2D eigenvalue weighted by Crippen LogP contribution is -2.59. The van der Waals surface area contributed by atoms with Gasteiger partial charge in [0.15, 0.2) is 14.5 Å². The molecule has 150 valence electrons. The summed E-state index contributed by atoms with van der Waals surface area (Å²) in [6, 6.07) is 1.20. The van der Waals surface area contributed by atoms with Crippen molar-refractivity contribution in [1.29, 1.82) is 0 Å². The summed E-state index contributed by atoms with van der Waals surface area (Å²) in [4.78, 5) is 37.8. The summed E-state index contributed by atoms with van der Waals surface area (Å²) in [6.45, 7) is 10.0. The van der Waals surface area contributed by atoms with Gasteiger partial charge in [-0.25, -0.2) is 4.79 Å². The van der Waals surface area contributed by atoms with Crippen LogP contribution in [-0.4, -0.2) is 53.4 Å². The minimum Gasteiger partial charge on any atom is -0.463 e. The number of esters is 1. The van der Waals surface area contributed by atoms with E-state index in [-0.39, 0.29) is 18.1 Å². The maximum atomic E-state index is 12.3. The van der Waals surface area contributed by atoms with E-state index in [1.54, 1.807) is 0 Å². The van der Waals surface area contributed by atoms with Crippen LogP contribution in [0.15, 0.2) is 21.9 Å². The zero-order valence-corrected chi connectivity index (χ0v) is 17.1. The Morgan fingerprint density at radius 2 is 2.00 bits per heavy atom. The van der Waals surface area contributed by atoms with E-state index in [1.807, 2.05) is 33.9 Å². The Morgan fingerprint density at radius 3 is 2.59 bits per heavy atom. The third-order valence-electron chi connectivity index (χ3n) is 5.79. The number of nitrogens with zero attached hydrogens (tertiary/aromatic N) is 1. The van der Waals surface area contributed by atoms with Crippen LogP contribution in [0.5, 0.6) is 0 Å². The Balaban J connectivity index is 2.07. The molecule has 0 radical (unpaired) electrons. The topological polar surface area (TPSA) is 120 Å². The predicted octanol–water partition coefficient (Wildman–Crippen LogP) is 0.502. The van der Waals surface area contributed by atoms with Crippen LogP contribution in [0.4, 0.5) is 0 Å². The normalized spacial score (nSPS) is 31.5. The Hall–Kier alpha value is -1.75. The molecule has 0 amide bonds. The number of carbonyl (C=O) groups excluding carboxylic acids is 1. The van der Waals surface area contributed by atoms with Crippen LogP contribution in [0.3, 0.4) is 0 Å². The van der Waals surface area contributed by atoms with Crippen LogP contribution >= 0.6 is 0 Å². The van der Waals surface area contributed by atoms with Crippen LogP contribution in [0, 0.1) is 0 Å². The van der Waals surface area contributed by atoms with Crippen LogP contribution < -0.4 is 11.2 Å². The average Bonchev–Trinajstić information content (AvgIpc) is 2.78. The van der Waals surface area contributed by atoms with Gasteiger partial charge < -0.3 is 19.0 Å². The molecule has 2 aliphatic heterocycles. The van der Waals surface area contributed by atoms with Gasteiger partial charge in [-0.15, -0.1) is 0 Å². The van der Waals surface area contributed by atoms with Crippen molar-refractivity contribution >= 4 is 14.3 Å². The van der Waals surface area contributed by atoms with Gasteiger partial charge in [0.2, 0.25) is 0 Å². The van der Waals surface area contributed by atoms with Crippen molar-refractivity contribution in [1.82, 2.24) is 9.55 Å². The van der Waals surface area contributed by atoms with Gasteiger partial charge in [0.05, 0.1) is 6.42 Å². The summed E-state index contributed by atoms with van der Waals surface area (Å²) in [5, 5.41) is 11.2. The van der Waals surface area contributed by atoms with Crippen LogP contribution in [-0.2, 0) is 18.7 Å². The number of fused-ring (bicyclic) bond motifs is 1. The van der Waals surface area contributed by atoms with E-state index in [0.29, 0.717) is 0 Å². The monoisotopic (exact) mass is 398 g/mol. The molecule has 3 rings (SSSR count). The van der Waals surface area contributed by atoms with Gasteiger partial charge >= 0.3 is 11.7 Å². The number of cyclic esters (lactones) is 1. The molecule has 2 aliphatic rings. The summed E-state index contributed by atoms with van der Waals surface area (Å²) in [5.41, 5.74) is -2.83. The Bertz CT molecular complexity index is 856. The highest BCUT2D eigenvalue weighted by molar-refractivity contribution is 6.74. The molecule has 0 aromatic carbocycles. The van der Waals surface area contributed by atoms with Gasteiger partial charge in [0, 0.05) is 12.3 Å². The maximum Gasteiger partial charge on any atom is 0.330 e. The summed E-state index contributed by atoms with van der Waals surface area (Å²) >= 11 is 0. The smallest absolute Gasteiger partial charge is 0.330 e. The highest BCUT2D eigenvalue weighted by atomic mass is 28.4. The Morgan fingerprint density at radius 1 is 1.33 bits per heavy atom. The largest absolute Gasteiger partial charge is 0.463 e. The van der Waals surface area contributed by atoms with Crippen molar-refractivity contribution in [2.45, 2.75) is 69.4 Å². The lowest BCUT2D eigenvalue weighted by molar-refractivity contribution is -0.179. The number of aromatic nitrogens is 2. The fourth-order valence-electron chi connectivity index (χ4n) is 3.13. The van der Waals surface area contributed by atoms with Crippen molar-refractivity contribution in [3.8, 4) is 0 Å². The molecule has 1 aromatic heterocycles. The third kappa shape index (κ3) is 3.42. The van der Waals surface area contributed by atoms with E-state index in [4.69, 9.17) is 13.9 Å². The first kappa shape index (κ1) is 20.0. The number of aliphatic hydroxyl groups is 1. The Kier molecular flexibility index (Phi) is 4.74. The number of nitrogens with one attached hydrogen (secondary N) is 1. The number of rotatable bonds is 3. The van der Waals surface area contributed by atoms with E-state index >= 15 is 0 Å². The molecule has 9 nitrogen and oxygen atoms in total. The van der Waals surface area contributed by atoms with Gasteiger partial charge in [0.25, 0.3) is 5.56 Å². The molecule has 0 spiro atoms. The third-order valence-corrected chi connectivity index (χ3v) is 10.2. The lowest BCUT2D eigenvalue weighted by Gasteiger charge is -2.43. The summed E-state index contributed by atoms with van der Waals surface area (Å²) < 4.78 is 18.5. The van der Waals surface area contributed by atoms with Crippen molar-refractivity contribution < 1.29 is 23.8 Å². The van der Waals surface area contributed by atoms with Gasteiger partial charge in [0.1, 0.15) is 24.4 Å². The number of hydrogen-bond acceptors (Lipinski definition) is 7. The van der Waals surface area contributed by atoms with Crippen LogP contribution in [0.25, 0.3) is 0 Å². The van der Waals surface area contributed by atoms with Crippen LogP contribution in [0.2, 0.25) is 18.1 Å². The molecular weight excluding hydrogens is 372 g/mol. The first-order valence-corrected chi connectivity index (χ1v) is 11.8. The van der Waals surface area contributed by atoms with E-state index < -0.39 is 49.6 Å². The molecular formula is C17H26N2O7Si. The SMILES string of the molecule is CC(C)(C)[Si](C)(C)O[C@H]1[C@H](n2ccc(=O)[nH]c2=O)O[C@@H]2COC(=O)C[C@@]21O. The first-order valence-electron chi connectivity index (χ1n) is 8.88. The average molecular weight is 398 g/mol. The molecule has 2 fully saturated rings. The fourth-order valence-corrected chi connectivity index (χ4v) is 4.44. The van der Waals surface area contributed by atoms with E-state index in [1.165, 1.54) is 16.8 Å². The minimum atomic E-state index is -2.40. The molecule has 1 aromatic rings. The molecule has 0 aliphatic carbocycles. The van der Waals surface area contributed by atoms with E-state index in [0.717, 1.165) is 0 Å². The second-order valence-electron chi connectivity index (χ2n) is 8.68. The summed E-state index contributed by atoms with van der Waals surface area (Å²) in [6.07, 6.45) is -1.76. The number of ether oxygens (including phenoxy) is 2.